The number of aromatic amines is 1. The SMILES string of the molecule is CCCCCC(=O)c1c(-c2ccccc2)[nH]n(-c2ccccc2)c1=O. The van der Waals surface area contributed by atoms with Crippen LogP contribution in [-0.2, 0) is 0 Å². The highest BCUT2D eigenvalue weighted by atomic mass is 16.2. The van der Waals surface area contributed by atoms with Gasteiger partial charge in [-0.1, -0.05) is 68.3 Å². The quantitative estimate of drug-likeness (QED) is 0.507. The van der Waals surface area contributed by atoms with E-state index in [0.717, 1.165) is 30.5 Å². The molecule has 0 radical (unpaired) electrons. The maximum Gasteiger partial charge on any atom is 0.282 e. The summed E-state index contributed by atoms with van der Waals surface area (Å²) in [6.07, 6.45) is 3.24. The van der Waals surface area contributed by atoms with Crippen molar-refractivity contribution in [3.8, 4) is 16.9 Å². The number of nitrogens with one attached hydrogen (secondary N) is 1. The van der Waals surface area contributed by atoms with Gasteiger partial charge in [0, 0.05) is 12.0 Å². The van der Waals surface area contributed by atoms with Crippen molar-refractivity contribution in [1.29, 1.82) is 0 Å². The van der Waals surface area contributed by atoms with Crippen LogP contribution in [0.2, 0.25) is 0 Å². The molecule has 0 saturated carbocycles. The third-order valence-electron chi connectivity index (χ3n) is 4.25. The Hall–Kier alpha value is -2.88. The number of hydrogen-bond donors (Lipinski definition) is 1. The first-order valence-electron chi connectivity index (χ1n) is 8.71. The molecular weight excluding hydrogens is 312 g/mol. The van der Waals surface area contributed by atoms with E-state index in [-0.39, 0.29) is 16.9 Å². The third-order valence-corrected chi connectivity index (χ3v) is 4.25. The molecule has 3 aromatic rings. The first kappa shape index (κ1) is 17.0. The third kappa shape index (κ3) is 3.63. The Labute approximate surface area is 147 Å². The van der Waals surface area contributed by atoms with Gasteiger partial charge in [-0.2, -0.15) is 0 Å². The first-order chi connectivity index (χ1) is 12.2. The molecule has 0 unspecified atom stereocenters. The maximum atomic E-state index is 12.9. The van der Waals surface area contributed by atoms with Crippen LogP contribution in [0.1, 0.15) is 43.0 Å². The molecule has 4 heteroatoms. The van der Waals surface area contributed by atoms with Crippen LogP contribution >= 0.6 is 0 Å². The number of carbonyl (C=O) groups excluding carboxylic acids is 1. The minimum absolute atomic E-state index is 0.0942. The second-order valence-electron chi connectivity index (χ2n) is 6.08. The summed E-state index contributed by atoms with van der Waals surface area (Å²) in [7, 11) is 0. The number of carbonyl (C=O) groups is 1. The van der Waals surface area contributed by atoms with Gasteiger partial charge >= 0.3 is 0 Å². The summed E-state index contributed by atoms with van der Waals surface area (Å²) in [5.74, 6) is -0.0942. The summed E-state index contributed by atoms with van der Waals surface area (Å²) in [5, 5.41) is 3.14. The second kappa shape index (κ2) is 7.79. The van der Waals surface area contributed by atoms with Crippen molar-refractivity contribution in [2.45, 2.75) is 32.6 Å². The minimum Gasteiger partial charge on any atom is -0.294 e. The van der Waals surface area contributed by atoms with Gasteiger partial charge in [0.15, 0.2) is 5.78 Å². The Kier molecular flexibility index (Phi) is 5.29. The molecule has 2 aromatic carbocycles. The largest absolute Gasteiger partial charge is 0.294 e. The van der Waals surface area contributed by atoms with E-state index in [1.807, 2.05) is 60.7 Å². The van der Waals surface area contributed by atoms with Crippen LogP contribution < -0.4 is 5.56 Å². The van der Waals surface area contributed by atoms with Gasteiger partial charge in [0.05, 0.1) is 11.4 Å². The van der Waals surface area contributed by atoms with Crippen molar-refractivity contribution in [3.05, 3.63) is 76.6 Å². The Morgan fingerprint density at radius 1 is 0.960 bits per heavy atom. The van der Waals surface area contributed by atoms with Crippen molar-refractivity contribution >= 4 is 5.78 Å². The smallest absolute Gasteiger partial charge is 0.282 e. The van der Waals surface area contributed by atoms with Gasteiger partial charge in [0.25, 0.3) is 5.56 Å². The lowest BCUT2D eigenvalue weighted by Crippen LogP contribution is -2.20. The average molecular weight is 334 g/mol. The average Bonchev–Trinajstić information content (AvgIpc) is 3.00. The molecule has 0 bridgehead atoms. The molecule has 0 saturated heterocycles. The molecule has 0 aliphatic rings. The molecule has 0 fully saturated rings. The molecule has 1 heterocycles. The number of rotatable bonds is 7. The number of aromatic nitrogens is 2. The lowest BCUT2D eigenvalue weighted by Gasteiger charge is -2.02. The lowest BCUT2D eigenvalue weighted by atomic mass is 10.0. The monoisotopic (exact) mass is 334 g/mol. The molecule has 25 heavy (non-hydrogen) atoms. The second-order valence-corrected chi connectivity index (χ2v) is 6.08. The van der Waals surface area contributed by atoms with E-state index in [4.69, 9.17) is 0 Å². The molecule has 1 N–H and O–H groups in total. The fourth-order valence-electron chi connectivity index (χ4n) is 2.93. The van der Waals surface area contributed by atoms with Gasteiger partial charge < -0.3 is 0 Å². The highest BCUT2D eigenvalue weighted by Crippen LogP contribution is 2.22. The van der Waals surface area contributed by atoms with E-state index in [1.54, 1.807) is 0 Å². The number of unbranched alkanes of at least 4 members (excludes halogenated alkanes) is 2. The number of benzene rings is 2. The van der Waals surface area contributed by atoms with Crippen LogP contribution in [0.25, 0.3) is 16.9 Å². The number of para-hydroxylation sites is 1. The van der Waals surface area contributed by atoms with E-state index in [0.29, 0.717) is 12.1 Å². The summed E-state index contributed by atoms with van der Waals surface area (Å²) in [6.45, 7) is 2.10. The molecule has 128 valence electrons. The molecule has 0 aliphatic heterocycles. The number of nitrogens with zero attached hydrogens (tertiary/aromatic N) is 1. The predicted octanol–water partition coefficient (Wildman–Crippen LogP) is 4.60. The van der Waals surface area contributed by atoms with Crippen LogP contribution in [0, 0.1) is 0 Å². The minimum atomic E-state index is -0.286. The highest BCUT2D eigenvalue weighted by molar-refractivity contribution is 6.01. The zero-order valence-corrected chi connectivity index (χ0v) is 14.4. The van der Waals surface area contributed by atoms with Crippen molar-refractivity contribution in [1.82, 2.24) is 9.78 Å². The predicted molar refractivity (Wildman–Crippen MR) is 100 cm³/mol. The molecular formula is C21H22N2O2. The zero-order chi connectivity index (χ0) is 17.6. The van der Waals surface area contributed by atoms with Crippen LogP contribution in [0.5, 0.6) is 0 Å². The van der Waals surface area contributed by atoms with Gasteiger partial charge in [-0.25, -0.2) is 4.68 Å². The molecule has 4 nitrogen and oxygen atoms in total. The van der Waals surface area contributed by atoms with Crippen LogP contribution in [0.4, 0.5) is 0 Å². The van der Waals surface area contributed by atoms with Crippen molar-refractivity contribution < 1.29 is 4.79 Å². The standard InChI is InChI=1S/C21H22N2O2/c1-2-3-6-15-18(24)19-20(16-11-7-4-8-12-16)22-23(21(19)25)17-13-9-5-10-14-17/h4-5,7-14,22H,2-3,6,15H2,1H3. The van der Waals surface area contributed by atoms with Gasteiger partial charge in [-0.05, 0) is 18.6 Å². The summed E-state index contributed by atoms with van der Waals surface area (Å²) < 4.78 is 1.45. The number of hydrogen-bond acceptors (Lipinski definition) is 2. The Morgan fingerprint density at radius 2 is 1.60 bits per heavy atom. The fraction of sp³-hybridized carbons (Fsp3) is 0.238. The summed E-state index contributed by atoms with van der Waals surface area (Å²) >= 11 is 0. The van der Waals surface area contributed by atoms with E-state index in [2.05, 4.69) is 12.0 Å². The zero-order valence-electron chi connectivity index (χ0n) is 14.4. The Balaban J connectivity index is 2.09. The summed E-state index contributed by atoms with van der Waals surface area (Å²) in [5.41, 5.74) is 2.12. The van der Waals surface area contributed by atoms with Crippen LogP contribution in [-0.4, -0.2) is 15.6 Å². The van der Waals surface area contributed by atoms with Crippen molar-refractivity contribution in [2.24, 2.45) is 0 Å². The first-order valence-corrected chi connectivity index (χ1v) is 8.71. The number of Topliss-reactive ketones (excluding diaryl/α,β-unsaturated/α-hetero) is 1. The molecule has 0 atom stereocenters. The van der Waals surface area contributed by atoms with E-state index >= 15 is 0 Å². The number of H-pyrrole nitrogens is 1. The van der Waals surface area contributed by atoms with Crippen molar-refractivity contribution in [2.75, 3.05) is 0 Å². The molecule has 0 aliphatic carbocycles. The van der Waals surface area contributed by atoms with Gasteiger partial charge in [0.1, 0.15) is 5.56 Å². The maximum absolute atomic E-state index is 12.9. The lowest BCUT2D eigenvalue weighted by molar-refractivity contribution is 0.0979. The normalized spacial score (nSPS) is 10.8. The fourth-order valence-corrected chi connectivity index (χ4v) is 2.93. The summed E-state index contributed by atoms with van der Waals surface area (Å²) in [4.78, 5) is 25.7. The van der Waals surface area contributed by atoms with Gasteiger partial charge in [0.2, 0.25) is 0 Å². The molecule has 3 rings (SSSR count). The molecule has 0 spiro atoms. The highest BCUT2D eigenvalue weighted by Gasteiger charge is 2.22. The number of ketones is 1. The topological polar surface area (TPSA) is 54.9 Å². The Morgan fingerprint density at radius 3 is 2.24 bits per heavy atom. The van der Waals surface area contributed by atoms with E-state index in [1.165, 1.54) is 4.68 Å². The van der Waals surface area contributed by atoms with E-state index < -0.39 is 0 Å². The molecule has 0 amide bonds. The molecule has 1 aromatic heterocycles. The Bertz CT molecular complexity index is 893. The van der Waals surface area contributed by atoms with Crippen LogP contribution in [0.15, 0.2) is 65.5 Å². The summed E-state index contributed by atoms with van der Waals surface area (Å²) in [6, 6.07) is 18.9. The van der Waals surface area contributed by atoms with Gasteiger partial charge in [-0.3, -0.25) is 14.7 Å². The van der Waals surface area contributed by atoms with Crippen molar-refractivity contribution in [3.63, 3.8) is 0 Å². The van der Waals surface area contributed by atoms with Gasteiger partial charge in [-0.15, -0.1) is 0 Å². The van der Waals surface area contributed by atoms with Crippen LogP contribution in [0.3, 0.4) is 0 Å². The van der Waals surface area contributed by atoms with E-state index in [9.17, 15) is 9.59 Å².